The van der Waals surface area contributed by atoms with Gasteiger partial charge in [-0.15, -0.1) is 0 Å². The van der Waals surface area contributed by atoms with E-state index in [1.165, 1.54) is 6.26 Å². The van der Waals surface area contributed by atoms with E-state index in [4.69, 9.17) is 0 Å². The van der Waals surface area contributed by atoms with Gasteiger partial charge in [0.15, 0.2) is 9.84 Å². The molecule has 0 spiro atoms. The lowest BCUT2D eigenvalue weighted by atomic mass is 10.1. The first-order chi connectivity index (χ1) is 11.3. The smallest absolute Gasteiger partial charge is 0.251 e. The van der Waals surface area contributed by atoms with Crippen molar-refractivity contribution in [2.75, 3.05) is 6.26 Å². The number of fused-ring (bicyclic) bond motifs is 1. The average molecular weight is 345 g/mol. The van der Waals surface area contributed by atoms with Crippen molar-refractivity contribution in [3.63, 3.8) is 0 Å². The van der Waals surface area contributed by atoms with Crippen LogP contribution in [0.15, 0.2) is 48.5 Å². The molecule has 1 aliphatic carbocycles. The van der Waals surface area contributed by atoms with Crippen molar-refractivity contribution in [2.45, 2.75) is 24.3 Å². The molecule has 2 aromatic rings. The summed E-state index contributed by atoms with van der Waals surface area (Å²) in [6.07, 6.45) is 1.05. The zero-order chi connectivity index (χ0) is 17.3. The summed E-state index contributed by atoms with van der Waals surface area (Å²) in [5.41, 5.74) is 3.05. The molecular formula is C18H19NO4S. The van der Waals surface area contributed by atoms with Gasteiger partial charge in [0, 0.05) is 18.2 Å². The molecule has 0 heterocycles. The maximum Gasteiger partial charge on any atom is 0.251 e. The molecule has 0 aromatic heterocycles. The predicted molar refractivity (Wildman–Crippen MR) is 91.3 cm³/mol. The normalized spacial score (nSPS) is 19.8. The first-order valence-corrected chi connectivity index (χ1v) is 9.73. The van der Waals surface area contributed by atoms with Crippen molar-refractivity contribution >= 4 is 15.7 Å². The summed E-state index contributed by atoms with van der Waals surface area (Å²) in [6.45, 7) is 0. The summed E-state index contributed by atoms with van der Waals surface area (Å²) in [5.74, 6) is -0.342. The highest BCUT2D eigenvalue weighted by Gasteiger charge is 2.31. The highest BCUT2D eigenvalue weighted by molar-refractivity contribution is 7.89. The molecule has 0 aliphatic heterocycles. The minimum Gasteiger partial charge on any atom is -0.390 e. The topological polar surface area (TPSA) is 83.5 Å². The van der Waals surface area contributed by atoms with Crippen LogP contribution in [0.5, 0.6) is 0 Å². The van der Waals surface area contributed by atoms with E-state index in [-0.39, 0.29) is 11.7 Å². The van der Waals surface area contributed by atoms with Crippen molar-refractivity contribution in [1.29, 1.82) is 0 Å². The van der Waals surface area contributed by atoms with Crippen LogP contribution >= 0.6 is 0 Å². The lowest BCUT2D eigenvalue weighted by Gasteiger charge is -2.18. The molecular weight excluding hydrogens is 326 g/mol. The standard InChI is InChI=1S/C18H19NO4S/c1-24(22,23)11-12-6-8-13(9-7-12)18(21)19-17-15-5-3-2-4-14(15)10-16(17)20/h2-9,16-17,20H,10-11H2,1H3,(H,19,21)/t16-,17+/m0/s1. The van der Waals surface area contributed by atoms with Gasteiger partial charge in [-0.2, -0.15) is 0 Å². The summed E-state index contributed by atoms with van der Waals surface area (Å²) in [4.78, 5) is 12.4. The second kappa shape index (κ2) is 6.37. The molecule has 3 rings (SSSR count). The van der Waals surface area contributed by atoms with Crippen molar-refractivity contribution in [3.8, 4) is 0 Å². The number of aliphatic hydroxyl groups excluding tert-OH is 1. The number of nitrogens with one attached hydrogen (secondary N) is 1. The summed E-state index contributed by atoms with van der Waals surface area (Å²) in [5, 5.41) is 13.1. The molecule has 0 bridgehead atoms. The zero-order valence-corrected chi connectivity index (χ0v) is 14.1. The predicted octanol–water partition coefficient (Wildman–Crippen LogP) is 1.62. The Labute approximate surface area is 141 Å². The van der Waals surface area contributed by atoms with Gasteiger partial charge in [-0.1, -0.05) is 36.4 Å². The average Bonchev–Trinajstić information content (AvgIpc) is 2.82. The van der Waals surface area contributed by atoms with Gasteiger partial charge >= 0.3 is 0 Å². The number of benzene rings is 2. The summed E-state index contributed by atoms with van der Waals surface area (Å²) in [7, 11) is -3.10. The Balaban J connectivity index is 1.74. The van der Waals surface area contributed by atoms with Crippen molar-refractivity contribution < 1.29 is 18.3 Å². The van der Waals surface area contributed by atoms with Crippen LogP contribution in [-0.4, -0.2) is 31.8 Å². The quantitative estimate of drug-likeness (QED) is 0.882. The van der Waals surface area contributed by atoms with Crippen LogP contribution in [0.3, 0.4) is 0 Å². The van der Waals surface area contributed by atoms with Gasteiger partial charge in [0.25, 0.3) is 5.91 Å². The van der Waals surface area contributed by atoms with Gasteiger partial charge < -0.3 is 10.4 Å². The van der Waals surface area contributed by atoms with Crippen LogP contribution in [0.2, 0.25) is 0 Å². The van der Waals surface area contributed by atoms with E-state index in [1.54, 1.807) is 24.3 Å². The van der Waals surface area contributed by atoms with Crippen LogP contribution in [0.25, 0.3) is 0 Å². The largest absolute Gasteiger partial charge is 0.390 e. The molecule has 1 aliphatic rings. The van der Waals surface area contributed by atoms with Crippen molar-refractivity contribution in [2.24, 2.45) is 0 Å². The minimum atomic E-state index is -3.10. The zero-order valence-electron chi connectivity index (χ0n) is 13.3. The number of carbonyl (C=O) groups is 1. The summed E-state index contributed by atoms with van der Waals surface area (Å²) >= 11 is 0. The lowest BCUT2D eigenvalue weighted by Crippen LogP contribution is -2.33. The van der Waals surface area contributed by atoms with Crippen LogP contribution in [0.1, 0.15) is 33.1 Å². The number of amides is 1. The maximum atomic E-state index is 12.4. The van der Waals surface area contributed by atoms with E-state index in [0.29, 0.717) is 17.5 Å². The number of sulfone groups is 1. The number of hydrogen-bond donors (Lipinski definition) is 2. The molecule has 0 fully saturated rings. The van der Waals surface area contributed by atoms with E-state index in [1.807, 2.05) is 24.3 Å². The first-order valence-electron chi connectivity index (χ1n) is 7.67. The second-order valence-electron chi connectivity index (χ2n) is 6.19. The molecule has 0 saturated carbocycles. The third kappa shape index (κ3) is 3.66. The third-order valence-electron chi connectivity index (χ3n) is 4.14. The number of hydrogen-bond acceptors (Lipinski definition) is 4. The van der Waals surface area contributed by atoms with E-state index in [9.17, 15) is 18.3 Å². The Bertz CT molecular complexity index is 859. The van der Waals surface area contributed by atoms with E-state index in [0.717, 1.165) is 11.1 Å². The highest BCUT2D eigenvalue weighted by atomic mass is 32.2. The highest BCUT2D eigenvalue weighted by Crippen LogP contribution is 2.31. The van der Waals surface area contributed by atoms with Gasteiger partial charge in [0.1, 0.15) is 0 Å². The van der Waals surface area contributed by atoms with E-state index in [2.05, 4.69) is 5.32 Å². The summed E-state index contributed by atoms with van der Waals surface area (Å²) in [6, 6.07) is 13.7. The Hall–Kier alpha value is -2.18. The fourth-order valence-electron chi connectivity index (χ4n) is 3.03. The molecule has 2 aromatic carbocycles. The van der Waals surface area contributed by atoms with Gasteiger partial charge in [-0.25, -0.2) is 8.42 Å². The molecule has 5 nitrogen and oxygen atoms in total. The van der Waals surface area contributed by atoms with Gasteiger partial charge in [0.2, 0.25) is 0 Å². The third-order valence-corrected chi connectivity index (χ3v) is 4.99. The number of aliphatic hydroxyl groups is 1. The van der Waals surface area contributed by atoms with E-state index < -0.39 is 22.0 Å². The van der Waals surface area contributed by atoms with Crippen LogP contribution in [0, 0.1) is 0 Å². The fourth-order valence-corrected chi connectivity index (χ4v) is 3.83. The second-order valence-corrected chi connectivity index (χ2v) is 8.33. The Morgan fingerprint density at radius 1 is 1.17 bits per heavy atom. The Morgan fingerprint density at radius 3 is 2.50 bits per heavy atom. The Morgan fingerprint density at radius 2 is 1.83 bits per heavy atom. The fraction of sp³-hybridized carbons (Fsp3) is 0.278. The van der Waals surface area contributed by atoms with Crippen molar-refractivity contribution in [3.05, 3.63) is 70.8 Å². The van der Waals surface area contributed by atoms with Gasteiger partial charge in [0.05, 0.1) is 17.9 Å². The van der Waals surface area contributed by atoms with Gasteiger partial charge in [-0.05, 0) is 28.8 Å². The lowest BCUT2D eigenvalue weighted by molar-refractivity contribution is 0.0858. The van der Waals surface area contributed by atoms with Crippen LogP contribution in [-0.2, 0) is 22.0 Å². The molecule has 126 valence electrons. The van der Waals surface area contributed by atoms with Crippen molar-refractivity contribution in [1.82, 2.24) is 5.32 Å². The molecule has 24 heavy (non-hydrogen) atoms. The van der Waals surface area contributed by atoms with Crippen LogP contribution in [0.4, 0.5) is 0 Å². The minimum absolute atomic E-state index is 0.0520. The monoisotopic (exact) mass is 345 g/mol. The molecule has 0 saturated heterocycles. The van der Waals surface area contributed by atoms with Crippen LogP contribution < -0.4 is 5.32 Å². The molecule has 0 radical (unpaired) electrons. The number of rotatable bonds is 4. The maximum absolute atomic E-state index is 12.4. The first kappa shape index (κ1) is 16.7. The summed E-state index contributed by atoms with van der Waals surface area (Å²) < 4.78 is 22.6. The SMILES string of the molecule is CS(=O)(=O)Cc1ccc(C(=O)N[C@@H]2c3ccccc3C[C@@H]2O)cc1. The molecule has 2 N–H and O–H groups in total. The van der Waals surface area contributed by atoms with E-state index >= 15 is 0 Å². The molecule has 6 heteroatoms. The number of carbonyl (C=O) groups excluding carboxylic acids is 1. The Kier molecular flexibility index (Phi) is 4.43. The van der Waals surface area contributed by atoms with Gasteiger partial charge in [-0.3, -0.25) is 4.79 Å². The molecule has 0 unspecified atom stereocenters. The molecule has 2 atom stereocenters. The molecule has 1 amide bonds.